The number of hydrogen-bond acceptors (Lipinski definition) is 10. The standard InChI is InChI=1S/C33H41FN4O7S2/c1-18(2)15-38(47(41,42)23-8-9-25-30(13-23)46-32(36-25)35-22-6-7-22)16-27(39)26(11-19-4-3-5-21(34)10-19)37-33(40)45-28-12-20-17-43-31-24(20)14-29(28)44-31/h3-5,8-10,13,18,20,22,24,26-29,31,39H,6-7,11-12,14-17H2,1-2H3,(H,35,36)(H,37,40)/t20-,24-,26+,27-,28?,29?,31-/m1/s1. The molecule has 2 saturated carbocycles. The molecule has 2 aliphatic carbocycles. The summed E-state index contributed by atoms with van der Waals surface area (Å²) in [4.78, 5) is 18.0. The molecule has 4 fully saturated rings. The van der Waals surface area contributed by atoms with Crippen LogP contribution in [0.2, 0.25) is 0 Å². The summed E-state index contributed by atoms with van der Waals surface area (Å²) in [6.07, 6.45) is 0.569. The minimum Gasteiger partial charge on any atom is -0.443 e. The van der Waals surface area contributed by atoms with Crippen molar-refractivity contribution in [3.8, 4) is 0 Å². The first-order valence-corrected chi connectivity index (χ1v) is 18.6. The van der Waals surface area contributed by atoms with Gasteiger partial charge >= 0.3 is 6.09 Å². The van der Waals surface area contributed by atoms with Crippen molar-refractivity contribution in [2.45, 2.75) is 87.5 Å². The Morgan fingerprint density at radius 1 is 1.19 bits per heavy atom. The zero-order chi connectivity index (χ0) is 32.9. The zero-order valence-corrected chi connectivity index (χ0v) is 28.0. The van der Waals surface area contributed by atoms with Gasteiger partial charge in [-0.25, -0.2) is 22.6 Å². The van der Waals surface area contributed by atoms with Crippen molar-refractivity contribution in [1.82, 2.24) is 14.6 Å². The number of aliphatic hydroxyl groups excluding tert-OH is 1. The van der Waals surface area contributed by atoms with Gasteiger partial charge in [0.1, 0.15) is 11.9 Å². The molecule has 0 radical (unpaired) electrons. The smallest absolute Gasteiger partial charge is 0.407 e. The number of thiazole rings is 1. The third-order valence-electron chi connectivity index (χ3n) is 9.43. The molecule has 47 heavy (non-hydrogen) atoms. The van der Waals surface area contributed by atoms with Crippen LogP contribution in [-0.4, -0.2) is 85.3 Å². The van der Waals surface area contributed by atoms with Gasteiger partial charge in [0.2, 0.25) is 10.0 Å². The summed E-state index contributed by atoms with van der Waals surface area (Å²) in [7, 11) is -4.06. The summed E-state index contributed by atoms with van der Waals surface area (Å²) in [6.45, 7) is 4.20. The Labute approximate surface area is 277 Å². The lowest BCUT2D eigenvalue weighted by Crippen LogP contribution is -2.52. The number of sulfonamides is 1. The number of carbonyl (C=O) groups excluding carboxylic acids is 1. The molecule has 7 atom stereocenters. The van der Waals surface area contributed by atoms with E-state index in [1.165, 1.54) is 33.8 Å². The normalized spacial score (nSPS) is 26.6. The minimum absolute atomic E-state index is 0.0540. The molecule has 254 valence electrons. The predicted molar refractivity (Wildman–Crippen MR) is 174 cm³/mol. The first kappa shape index (κ1) is 32.7. The molecule has 2 aromatic carbocycles. The maximum Gasteiger partial charge on any atom is 0.407 e. The summed E-state index contributed by atoms with van der Waals surface area (Å²) < 4.78 is 61.8. The molecule has 2 saturated heterocycles. The molecule has 2 aliphatic heterocycles. The first-order valence-electron chi connectivity index (χ1n) is 16.4. The summed E-state index contributed by atoms with van der Waals surface area (Å²) in [6, 6.07) is 10.2. The van der Waals surface area contributed by atoms with Crippen LogP contribution in [0.5, 0.6) is 0 Å². The molecule has 7 rings (SSSR count). The van der Waals surface area contributed by atoms with Gasteiger partial charge in [-0.1, -0.05) is 37.3 Å². The molecular formula is C33H41FN4O7S2. The van der Waals surface area contributed by atoms with Crippen LogP contribution in [0.3, 0.4) is 0 Å². The van der Waals surface area contributed by atoms with Crippen molar-refractivity contribution in [2.24, 2.45) is 17.8 Å². The number of rotatable bonds is 13. The SMILES string of the molecule is CC(C)CN(C[C@@H](O)[C@H](Cc1cccc(F)c1)NC(=O)OC1C[C@@H]2CO[C@@H]3OC1C[C@H]23)S(=O)(=O)c1ccc2nc(NC3CC3)sc2c1. The van der Waals surface area contributed by atoms with Crippen LogP contribution in [-0.2, 0) is 30.7 Å². The lowest BCUT2D eigenvalue weighted by molar-refractivity contribution is -0.147. The largest absolute Gasteiger partial charge is 0.443 e. The lowest BCUT2D eigenvalue weighted by atomic mass is 9.80. The molecule has 3 heterocycles. The number of amides is 1. The van der Waals surface area contributed by atoms with Gasteiger partial charge in [0, 0.05) is 25.0 Å². The molecular weight excluding hydrogens is 648 g/mol. The molecule has 3 aromatic rings. The maximum atomic E-state index is 14.1. The van der Waals surface area contributed by atoms with Gasteiger partial charge in [0.25, 0.3) is 0 Å². The van der Waals surface area contributed by atoms with Gasteiger partial charge in [0.05, 0.1) is 40.0 Å². The second kappa shape index (κ2) is 13.2. The van der Waals surface area contributed by atoms with Crippen molar-refractivity contribution in [3.63, 3.8) is 0 Å². The van der Waals surface area contributed by atoms with Crippen LogP contribution < -0.4 is 10.6 Å². The number of alkyl carbamates (subject to hydrolysis) is 1. The Morgan fingerprint density at radius 2 is 2.02 bits per heavy atom. The van der Waals surface area contributed by atoms with Gasteiger partial charge in [-0.05, 0) is 79.8 Å². The number of nitrogens with one attached hydrogen (secondary N) is 2. The molecule has 0 spiro atoms. The molecule has 11 nitrogen and oxygen atoms in total. The quantitative estimate of drug-likeness (QED) is 0.237. The van der Waals surface area contributed by atoms with Crippen LogP contribution in [0, 0.1) is 23.6 Å². The van der Waals surface area contributed by atoms with E-state index in [1.54, 1.807) is 24.3 Å². The molecule has 1 amide bonds. The molecule has 2 bridgehead atoms. The molecule has 2 unspecified atom stereocenters. The summed E-state index contributed by atoms with van der Waals surface area (Å²) in [5, 5.41) is 18.5. The molecule has 4 aliphatic rings. The topological polar surface area (TPSA) is 139 Å². The van der Waals surface area contributed by atoms with E-state index < -0.39 is 40.2 Å². The van der Waals surface area contributed by atoms with Gasteiger partial charge in [-0.15, -0.1) is 0 Å². The number of ether oxygens (including phenoxy) is 3. The van der Waals surface area contributed by atoms with Crippen molar-refractivity contribution in [1.29, 1.82) is 0 Å². The van der Waals surface area contributed by atoms with Gasteiger partial charge in [-0.2, -0.15) is 4.31 Å². The molecule has 1 aromatic heterocycles. The molecule has 14 heteroatoms. The van der Waals surface area contributed by atoms with E-state index in [-0.39, 0.29) is 48.6 Å². The van der Waals surface area contributed by atoms with E-state index in [4.69, 9.17) is 14.2 Å². The fourth-order valence-corrected chi connectivity index (χ4v) is 9.61. The fourth-order valence-electron chi connectivity index (χ4n) is 6.90. The van der Waals surface area contributed by atoms with E-state index in [2.05, 4.69) is 15.6 Å². The Bertz CT molecular complexity index is 1720. The lowest BCUT2D eigenvalue weighted by Gasteiger charge is -2.33. The van der Waals surface area contributed by atoms with Crippen LogP contribution in [0.1, 0.15) is 45.1 Å². The summed E-state index contributed by atoms with van der Waals surface area (Å²) >= 11 is 1.41. The highest BCUT2D eigenvalue weighted by molar-refractivity contribution is 7.89. The van der Waals surface area contributed by atoms with E-state index in [1.807, 2.05) is 13.8 Å². The highest BCUT2D eigenvalue weighted by atomic mass is 32.2. The Hall–Kier alpha value is -2.88. The average molecular weight is 689 g/mol. The highest BCUT2D eigenvalue weighted by Crippen LogP contribution is 2.47. The number of hydrogen-bond donors (Lipinski definition) is 3. The van der Waals surface area contributed by atoms with Gasteiger partial charge in [0.15, 0.2) is 11.4 Å². The number of halogens is 1. The third kappa shape index (κ3) is 7.27. The van der Waals surface area contributed by atoms with E-state index in [0.717, 1.165) is 29.1 Å². The Balaban J connectivity index is 1.09. The number of aromatic nitrogens is 1. The average Bonchev–Trinajstić information content (AvgIpc) is 3.43. The maximum absolute atomic E-state index is 14.1. The van der Waals surface area contributed by atoms with E-state index in [9.17, 15) is 22.7 Å². The van der Waals surface area contributed by atoms with Crippen molar-refractivity contribution < 1.29 is 36.9 Å². The molecule has 3 N–H and O–H groups in total. The zero-order valence-electron chi connectivity index (χ0n) is 26.4. The van der Waals surface area contributed by atoms with Crippen LogP contribution in [0.4, 0.5) is 14.3 Å². The van der Waals surface area contributed by atoms with Gasteiger partial charge in [-0.3, -0.25) is 0 Å². The van der Waals surface area contributed by atoms with E-state index in [0.29, 0.717) is 36.1 Å². The van der Waals surface area contributed by atoms with Crippen molar-refractivity contribution in [3.05, 3.63) is 53.8 Å². The number of anilines is 1. The number of carbonyl (C=O) groups is 1. The summed E-state index contributed by atoms with van der Waals surface area (Å²) in [5.74, 6) is 0.0606. The second-order valence-electron chi connectivity index (χ2n) is 13.7. The van der Waals surface area contributed by atoms with Crippen molar-refractivity contribution in [2.75, 3.05) is 25.0 Å². The van der Waals surface area contributed by atoms with Crippen molar-refractivity contribution >= 4 is 42.8 Å². The third-order valence-corrected chi connectivity index (χ3v) is 12.2. The minimum atomic E-state index is -4.06. The van der Waals surface area contributed by atoms with Crippen LogP contribution in [0.15, 0.2) is 47.4 Å². The Morgan fingerprint density at radius 3 is 2.79 bits per heavy atom. The number of aliphatic hydroxyl groups is 1. The predicted octanol–water partition coefficient (Wildman–Crippen LogP) is 4.50. The van der Waals surface area contributed by atoms with Crippen LogP contribution >= 0.6 is 11.3 Å². The monoisotopic (exact) mass is 688 g/mol. The summed E-state index contributed by atoms with van der Waals surface area (Å²) in [5.41, 5.74) is 1.25. The van der Waals surface area contributed by atoms with E-state index >= 15 is 0 Å². The highest BCUT2D eigenvalue weighted by Gasteiger charge is 2.54. The first-order chi connectivity index (χ1) is 22.5. The number of benzene rings is 2. The second-order valence-corrected chi connectivity index (χ2v) is 16.6. The Kier molecular flexibility index (Phi) is 9.17. The number of fused-ring (bicyclic) bond motifs is 2. The number of nitrogens with zero attached hydrogens (tertiary/aromatic N) is 2. The van der Waals surface area contributed by atoms with Crippen LogP contribution in [0.25, 0.3) is 10.2 Å². The van der Waals surface area contributed by atoms with Gasteiger partial charge < -0.3 is 30.0 Å². The fraction of sp³-hybridized carbons (Fsp3) is 0.576.